The second kappa shape index (κ2) is 7.67. The topological polar surface area (TPSA) is 9.23 Å². The first-order valence-electron chi connectivity index (χ1n) is 8.68. The van der Waals surface area contributed by atoms with E-state index in [1.807, 2.05) is 23.9 Å². The van der Waals surface area contributed by atoms with Crippen molar-refractivity contribution < 1.29 is 4.74 Å². The van der Waals surface area contributed by atoms with Gasteiger partial charge in [0.15, 0.2) is 0 Å². The van der Waals surface area contributed by atoms with Crippen molar-refractivity contribution in [1.82, 2.24) is 0 Å². The van der Waals surface area contributed by atoms with Gasteiger partial charge in [0.05, 0.1) is 12.4 Å². The highest BCUT2D eigenvalue weighted by molar-refractivity contribution is 8.08. The average molecular weight is 356 g/mol. The summed E-state index contributed by atoms with van der Waals surface area (Å²) in [5.74, 6) is 0.881. The van der Waals surface area contributed by atoms with Crippen LogP contribution in [0, 0.1) is 0 Å². The van der Waals surface area contributed by atoms with Crippen molar-refractivity contribution in [3.8, 4) is 5.75 Å². The molecule has 26 heavy (non-hydrogen) atoms. The summed E-state index contributed by atoms with van der Waals surface area (Å²) in [4.78, 5) is 1.30. The third-order valence-corrected chi connectivity index (χ3v) is 5.75. The van der Waals surface area contributed by atoms with E-state index in [1.54, 1.807) is 7.11 Å². The summed E-state index contributed by atoms with van der Waals surface area (Å²) in [5.41, 5.74) is 5.04. The number of benzene rings is 3. The Kier molecular flexibility index (Phi) is 4.94. The first-order chi connectivity index (χ1) is 12.8. The van der Waals surface area contributed by atoms with Crippen LogP contribution in [0.2, 0.25) is 0 Å². The number of allylic oxidation sites excluding steroid dienone is 2. The highest BCUT2D eigenvalue weighted by atomic mass is 32.2. The monoisotopic (exact) mass is 356 g/mol. The quantitative estimate of drug-likeness (QED) is 0.520. The summed E-state index contributed by atoms with van der Waals surface area (Å²) >= 11 is 1.90. The minimum absolute atomic E-state index is 0.300. The number of hydrogen-bond donors (Lipinski definition) is 0. The molecular formula is C24H20OS. The van der Waals surface area contributed by atoms with Gasteiger partial charge in [0, 0.05) is 4.91 Å². The van der Waals surface area contributed by atoms with E-state index in [0.29, 0.717) is 5.25 Å². The highest BCUT2D eigenvalue weighted by Crippen LogP contribution is 2.46. The van der Waals surface area contributed by atoms with Crippen molar-refractivity contribution in [2.45, 2.75) is 5.25 Å². The second-order valence-corrected chi connectivity index (χ2v) is 7.36. The molecule has 1 aliphatic heterocycles. The van der Waals surface area contributed by atoms with Crippen LogP contribution in [-0.2, 0) is 0 Å². The Balaban J connectivity index is 1.76. The highest BCUT2D eigenvalue weighted by Gasteiger charge is 2.19. The molecule has 0 aromatic heterocycles. The molecule has 0 saturated heterocycles. The van der Waals surface area contributed by atoms with Crippen molar-refractivity contribution in [2.75, 3.05) is 7.11 Å². The molecule has 4 rings (SSSR count). The van der Waals surface area contributed by atoms with E-state index in [2.05, 4.69) is 84.9 Å². The third-order valence-electron chi connectivity index (χ3n) is 4.48. The summed E-state index contributed by atoms with van der Waals surface area (Å²) in [5, 5.41) is 0.300. The lowest BCUT2D eigenvalue weighted by Gasteiger charge is -2.22. The number of rotatable bonds is 4. The summed E-state index contributed by atoms with van der Waals surface area (Å²) in [6.07, 6.45) is 4.65. The smallest absolute Gasteiger partial charge is 0.118 e. The van der Waals surface area contributed by atoms with Crippen LogP contribution in [-0.4, -0.2) is 7.11 Å². The van der Waals surface area contributed by atoms with Crippen molar-refractivity contribution in [3.63, 3.8) is 0 Å². The fourth-order valence-electron chi connectivity index (χ4n) is 3.08. The van der Waals surface area contributed by atoms with Gasteiger partial charge in [-0.25, -0.2) is 0 Å². The predicted molar refractivity (Wildman–Crippen MR) is 112 cm³/mol. The molecule has 1 nitrogen and oxygen atoms in total. The van der Waals surface area contributed by atoms with Crippen LogP contribution >= 0.6 is 11.8 Å². The molecule has 1 unspecified atom stereocenters. The maximum Gasteiger partial charge on any atom is 0.118 e. The second-order valence-electron chi connectivity index (χ2n) is 6.17. The molecule has 1 heterocycles. The Morgan fingerprint density at radius 2 is 1.38 bits per heavy atom. The SMILES string of the molecule is COc1ccc(C2=CC(c3ccccc3)SC(c3ccccc3)=C2)cc1. The molecule has 128 valence electrons. The molecule has 3 aromatic carbocycles. The van der Waals surface area contributed by atoms with E-state index >= 15 is 0 Å². The first kappa shape index (κ1) is 16.7. The lowest BCUT2D eigenvalue weighted by molar-refractivity contribution is 0.415. The van der Waals surface area contributed by atoms with E-state index in [1.165, 1.54) is 27.2 Å². The Morgan fingerprint density at radius 3 is 2.04 bits per heavy atom. The lowest BCUT2D eigenvalue weighted by Crippen LogP contribution is -1.98. The zero-order chi connectivity index (χ0) is 17.8. The minimum atomic E-state index is 0.300. The van der Waals surface area contributed by atoms with Crippen LogP contribution in [0.3, 0.4) is 0 Å². The molecule has 2 heteroatoms. The number of methoxy groups -OCH3 is 1. The van der Waals surface area contributed by atoms with Crippen molar-refractivity contribution in [1.29, 1.82) is 0 Å². The van der Waals surface area contributed by atoms with Gasteiger partial charge >= 0.3 is 0 Å². The molecule has 0 fully saturated rings. The summed E-state index contributed by atoms with van der Waals surface area (Å²) < 4.78 is 5.30. The molecule has 0 aliphatic carbocycles. The molecule has 0 saturated carbocycles. The van der Waals surface area contributed by atoms with Gasteiger partial charge in [-0.2, -0.15) is 0 Å². The molecule has 1 atom stereocenters. The van der Waals surface area contributed by atoms with Crippen LogP contribution in [0.15, 0.2) is 97.1 Å². The van der Waals surface area contributed by atoms with Crippen LogP contribution in [0.1, 0.15) is 21.9 Å². The van der Waals surface area contributed by atoms with E-state index < -0.39 is 0 Å². The van der Waals surface area contributed by atoms with Crippen molar-refractivity contribution in [2.24, 2.45) is 0 Å². The van der Waals surface area contributed by atoms with Gasteiger partial charge in [-0.15, -0.1) is 11.8 Å². The van der Waals surface area contributed by atoms with E-state index in [-0.39, 0.29) is 0 Å². The zero-order valence-corrected chi connectivity index (χ0v) is 15.4. The van der Waals surface area contributed by atoms with E-state index in [9.17, 15) is 0 Å². The largest absolute Gasteiger partial charge is 0.497 e. The van der Waals surface area contributed by atoms with Gasteiger partial charge < -0.3 is 4.74 Å². The molecule has 0 N–H and O–H groups in total. The average Bonchev–Trinajstić information content (AvgIpc) is 2.75. The Bertz CT molecular complexity index is 925. The van der Waals surface area contributed by atoms with Crippen LogP contribution in [0.4, 0.5) is 0 Å². The van der Waals surface area contributed by atoms with Crippen LogP contribution in [0.25, 0.3) is 10.5 Å². The fourth-order valence-corrected chi connectivity index (χ4v) is 4.33. The minimum Gasteiger partial charge on any atom is -0.497 e. The number of ether oxygens (including phenoxy) is 1. The van der Waals surface area contributed by atoms with Gasteiger partial charge in [0.25, 0.3) is 0 Å². The molecular weight excluding hydrogens is 336 g/mol. The first-order valence-corrected chi connectivity index (χ1v) is 9.56. The predicted octanol–water partition coefficient (Wildman–Crippen LogP) is 6.61. The van der Waals surface area contributed by atoms with E-state index in [0.717, 1.165) is 5.75 Å². The normalized spacial score (nSPS) is 16.6. The van der Waals surface area contributed by atoms with E-state index in [4.69, 9.17) is 4.74 Å². The zero-order valence-electron chi connectivity index (χ0n) is 14.6. The van der Waals surface area contributed by atoms with Gasteiger partial charge in [-0.05, 0) is 40.5 Å². The maximum absolute atomic E-state index is 5.30. The molecule has 1 aliphatic rings. The molecule has 0 radical (unpaired) electrons. The third kappa shape index (κ3) is 3.61. The molecule has 0 amide bonds. The lowest BCUT2D eigenvalue weighted by atomic mass is 10.00. The molecule has 3 aromatic rings. The Hall–Kier alpha value is -2.71. The Morgan fingerprint density at radius 1 is 0.731 bits per heavy atom. The van der Waals surface area contributed by atoms with Gasteiger partial charge in [-0.1, -0.05) is 78.9 Å². The summed E-state index contributed by atoms with van der Waals surface area (Å²) in [6.45, 7) is 0. The van der Waals surface area contributed by atoms with Gasteiger partial charge in [0.1, 0.15) is 5.75 Å². The Labute approximate surface area is 159 Å². The van der Waals surface area contributed by atoms with Crippen molar-refractivity contribution >= 4 is 22.2 Å². The number of hydrogen-bond acceptors (Lipinski definition) is 2. The summed E-state index contributed by atoms with van der Waals surface area (Å²) in [6, 6.07) is 29.6. The maximum atomic E-state index is 5.30. The number of thioether (sulfide) groups is 1. The van der Waals surface area contributed by atoms with Crippen molar-refractivity contribution in [3.05, 3.63) is 114 Å². The standard InChI is InChI=1S/C24H20OS/c1-25-22-14-12-18(13-15-22)21-16-23(19-8-4-2-5-9-19)26-24(17-21)20-10-6-3-7-11-20/h2-17,23H,1H3. The van der Waals surface area contributed by atoms with Crippen LogP contribution in [0.5, 0.6) is 5.75 Å². The van der Waals surface area contributed by atoms with Gasteiger partial charge in [-0.3, -0.25) is 0 Å². The molecule has 0 spiro atoms. The summed E-state index contributed by atoms with van der Waals surface area (Å²) in [7, 11) is 1.70. The fraction of sp³-hybridized carbons (Fsp3) is 0.0833. The van der Waals surface area contributed by atoms with Gasteiger partial charge in [0.2, 0.25) is 0 Å². The molecule has 0 bridgehead atoms. The van der Waals surface area contributed by atoms with Crippen LogP contribution < -0.4 is 4.74 Å².